The number of Topliss-reactive ketones (excluding diaryl/α,β-unsaturated/α-hetero) is 1. The zero-order valence-corrected chi connectivity index (χ0v) is 16.8. The molecule has 0 amide bonds. The topological polar surface area (TPSA) is 75.6 Å². The van der Waals surface area contributed by atoms with E-state index in [1.165, 1.54) is 6.08 Å². The molecule has 0 fully saturated rings. The fourth-order valence-corrected chi connectivity index (χ4v) is 4.07. The van der Waals surface area contributed by atoms with Crippen LogP contribution in [0.15, 0.2) is 93.9 Å². The van der Waals surface area contributed by atoms with Crippen molar-refractivity contribution in [3.63, 3.8) is 0 Å². The minimum absolute atomic E-state index is 0.129. The van der Waals surface area contributed by atoms with Gasteiger partial charge in [0.25, 0.3) is 10.0 Å². The minimum Gasteiger partial charge on any atom is -0.352 e. The number of sulfonamides is 1. The van der Waals surface area contributed by atoms with Crippen molar-refractivity contribution in [2.45, 2.75) is 11.8 Å². The number of allylic oxidation sites excluding steroid dienone is 2. The number of nitrogens with one attached hydrogen (secondary N) is 1. The monoisotopic (exact) mass is 420 g/mol. The maximum Gasteiger partial charge on any atom is 0.282 e. The van der Waals surface area contributed by atoms with Crippen molar-refractivity contribution in [3.8, 4) is 0 Å². The number of rotatable bonds is 4. The number of ketones is 1. The predicted molar refractivity (Wildman–Crippen MR) is 114 cm³/mol. The van der Waals surface area contributed by atoms with Crippen molar-refractivity contribution in [1.82, 2.24) is 0 Å². The summed E-state index contributed by atoms with van der Waals surface area (Å²) in [4.78, 5) is 12.8. The lowest BCUT2D eigenvalue weighted by Gasteiger charge is -2.19. The molecule has 5 nitrogen and oxygen atoms in total. The lowest BCUT2D eigenvalue weighted by Crippen LogP contribution is -2.22. The van der Waals surface area contributed by atoms with Crippen molar-refractivity contribution in [1.29, 1.82) is 0 Å². The van der Waals surface area contributed by atoms with E-state index in [2.05, 4.69) is 9.71 Å². The molecular weight excluding hydrogens is 403 g/mol. The normalized spacial score (nSPS) is 14.9. The number of carbonyl (C=O) groups is 1. The molecule has 3 aromatic carbocycles. The highest BCUT2D eigenvalue weighted by Gasteiger charge is 2.26. The Kier molecular flexibility index (Phi) is 5.05. The van der Waals surface area contributed by atoms with Crippen LogP contribution in [0.4, 0.5) is 10.1 Å². The number of anilines is 1. The zero-order chi connectivity index (χ0) is 21.3. The van der Waals surface area contributed by atoms with Gasteiger partial charge in [-0.05, 0) is 49.4 Å². The van der Waals surface area contributed by atoms with Crippen molar-refractivity contribution in [2.24, 2.45) is 4.40 Å². The number of carbonyl (C=O) groups excluding carboxylic acids is 1. The van der Waals surface area contributed by atoms with Gasteiger partial charge in [-0.25, -0.2) is 4.39 Å². The van der Waals surface area contributed by atoms with E-state index in [1.807, 2.05) is 31.2 Å². The summed E-state index contributed by atoms with van der Waals surface area (Å²) in [6.07, 6.45) is 1.42. The summed E-state index contributed by atoms with van der Waals surface area (Å²) in [5.74, 6) is -0.802. The molecule has 0 spiro atoms. The number of halogens is 1. The molecule has 1 N–H and O–H groups in total. The second-order valence-corrected chi connectivity index (χ2v) is 8.43. The van der Waals surface area contributed by atoms with Gasteiger partial charge >= 0.3 is 0 Å². The van der Waals surface area contributed by atoms with Crippen LogP contribution in [0.1, 0.15) is 21.5 Å². The SMILES string of the molecule is Cc1ccc(NC2=C/C(=N/S(=O)(=O)c3ccc(F)cc3)c3ccccc3C2=O)cc1. The van der Waals surface area contributed by atoms with Gasteiger partial charge < -0.3 is 5.32 Å². The largest absolute Gasteiger partial charge is 0.352 e. The van der Waals surface area contributed by atoms with Gasteiger partial charge in [0.15, 0.2) is 0 Å². The molecule has 0 heterocycles. The summed E-state index contributed by atoms with van der Waals surface area (Å²) in [6.45, 7) is 1.95. The first kappa shape index (κ1) is 19.7. The molecule has 0 aliphatic heterocycles. The van der Waals surface area contributed by atoms with Crippen LogP contribution in [0.25, 0.3) is 0 Å². The van der Waals surface area contributed by atoms with Gasteiger partial charge in [0.05, 0.1) is 16.3 Å². The summed E-state index contributed by atoms with van der Waals surface area (Å²) in [6, 6.07) is 18.6. The van der Waals surface area contributed by atoms with Crippen molar-refractivity contribution in [2.75, 3.05) is 5.32 Å². The highest BCUT2D eigenvalue weighted by atomic mass is 32.2. The van der Waals surface area contributed by atoms with Crippen LogP contribution in [0.3, 0.4) is 0 Å². The van der Waals surface area contributed by atoms with Crippen LogP contribution >= 0.6 is 0 Å². The number of hydrogen-bond donors (Lipinski definition) is 1. The van der Waals surface area contributed by atoms with E-state index in [0.717, 1.165) is 29.8 Å². The standard InChI is InChI=1S/C23H17FN2O3S/c1-15-6-10-17(11-7-15)25-22-14-21(19-4-2-3-5-20(19)23(22)27)26-30(28,29)18-12-8-16(24)9-13-18/h2-14,25H,1H3/b26-21-. The molecule has 0 saturated carbocycles. The van der Waals surface area contributed by atoms with Crippen LogP contribution in [0, 0.1) is 12.7 Å². The second kappa shape index (κ2) is 7.68. The van der Waals surface area contributed by atoms with Gasteiger partial charge in [0.2, 0.25) is 5.78 Å². The Morgan fingerprint density at radius 3 is 2.17 bits per heavy atom. The Labute approximate surface area is 173 Å². The number of aryl methyl sites for hydroxylation is 1. The lowest BCUT2D eigenvalue weighted by molar-refractivity contribution is 0.103. The molecule has 150 valence electrons. The van der Waals surface area contributed by atoms with Gasteiger partial charge in [0.1, 0.15) is 5.82 Å². The number of nitrogens with zero attached hydrogens (tertiary/aromatic N) is 1. The van der Waals surface area contributed by atoms with Gasteiger partial charge in [0, 0.05) is 16.8 Å². The van der Waals surface area contributed by atoms with Crippen LogP contribution in [-0.2, 0) is 10.0 Å². The highest BCUT2D eigenvalue weighted by molar-refractivity contribution is 7.90. The van der Waals surface area contributed by atoms with Crippen LogP contribution in [-0.4, -0.2) is 19.9 Å². The summed E-state index contributed by atoms with van der Waals surface area (Å²) in [5, 5.41) is 3.05. The molecule has 30 heavy (non-hydrogen) atoms. The van der Waals surface area contributed by atoms with Gasteiger partial charge in [-0.1, -0.05) is 42.0 Å². The predicted octanol–water partition coefficient (Wildman–Crippen LogP) is 4.50. The van der Waals surface area contributed by atoms with Crippen molar-refractivity contribution in [3.05, 3.63) is 107 Å². The Balaban J connectivity index is 1.80. The molecular formula is C23H17FN2O3S. The lowest BCUT2D eigenvalue weighted by atomic mass is 9.92. The Hall–Kier alpha value is -3.58. The molecule has 4 rings (SSSR count). The molecule has 0 saturated heterocycles. The third kappa shape index (κ3) is 3.92. The number of fused-ring (bicyclic) bond motifs is 1. The maximum absolute atomic E-state index is 13.2. The first-order valence-electron chi connectivity index (χ1n) is 9.13. The third-order valence-electron chi connectivity index (χ3n) is 4.63. The summed E-state index contributed by atoms with van der Waals surface area (Å²) in [7, 11) is -4.10. The molecule has 0 bridgehead atoms. The first-order chi connectivity index (χ1) is 14.3. The summed E-state index contributed by atoms with van der Waals surface area (Å²) >= 11 is 0. The van der Waals surface area contributed by atoms with Gasteiger partial charge in [-0.2, -0.15) is 12.8 Å². The smallest absolute Gasteiger partial charge is 0.282 e. The molecule has 0 aromatic heterocycles. The van der Waals surface area contributed by atoms with E-state index >= 15 is 0 Å². The van der Waals surface area contributed by atoms with E-state index < -0.39 is 15.8 Å². The van der Waals surface area contributed by atoms with Crippen LogP contribution in [0.2, 0.25) is 0 Å². The second-order valence-electron chi connectivity index (χ2n) is 6.83. The van der Waals surface area contributed by atoms with E-state index in [9.17, 15) is 17.6 Å². The quantitative estimate of drug-likeness (QED) is 0.674. The maximum atomic E-state index is 13.2. The van der Waals surface area contributed by atoms with Crippen molar-refractivity contribution >= 4 is 27.2 Å². The Morgan fingerprint density at radius 2 is 1.50 bits per heavy atom. The fourth-order valence-electron chi connectivity index (χ4n) is 3.08. The van der Waals surface area contributed by atoms with E-state index in [1.54, 1.807) is 24.3 Å². The number of hydrogen-bond acceptors (Lipinski definition) is 4. The summed E-state index contributed by atoms with van der Waals surface area (Å²) in [5.41, 5.74) is 2.88. The average molecular weight is 420 g/mol. The molecule has 1 aliphatic carbocycles. The van der Waals surface area contributed by atoms with E-state index in [-0.39, 0.29) is 22.1 Å². The minimum atomic E-state index is -4.10. The van der Waals surface area contributed by atoms with Crippen LogP contribution < -0.4 is 5.32 Å². The molecule has 0 radical (unpaired) electrons. The average Bonchev–Trinajstić information content (AvgIpc) is 2.73. The zero-order valence-electron chi connectivity index (χ0n) is 16.0. The molecule has 3 aromatic rings. The van der Waals surface area contributed by atoms with Crippen molar-refractivity contribution < 1.29 is 17.6 Å². The van der Waals surface area contributed by atoms with E-state index in [4.69, 9.17) is 0 Å². The first-order valence-corrected chi connectivity index (χ1v) is 10.6. The fraction of sp³-hybridized carbons (Fsp3) is 0.0435. The molecule has 7 heteroatoms. The Morgan fingerprint density at radius 1 is 0.867 bits per heavy atom. The van der Waals surface area contributed by atoms with Gasteiger partial charge in [-0.15, -0.1) is 0 Å². The third-order valence-corrected chi connectivity index (χ3v) is 5.94. The summed E-state index contributed by atoms with van der Waals surface area (Å²) < 4.78 is 42.6. The van der Waals surface area contributed by atoms with Gasteiger partial charge in [-0.3, -0.25) is 4.79 Å². The molecule has 1 aliphatic rings. The molecule has 0 atom stereocenters. The van der Waals surface area contributed by atoms with Crippen LogP contribution in [0.5, 0.6) is 0 Å². The highest BCUT2D eigenvalue weighted by Crippen LogP contribution is 2.25. The number of benzene rings is 3. The molecule has 0 unspecified atom stereocenters. The van der Waals surface area contributed by atoms with E-state index in [0.29, 0.717) is 16.8 Å². The Bertz CT molecular complexity index is 1290.